The van der Waals surface area contributed by atoms with Gasteiger partial charge in [0, 0.05) is 19.1 Å². The minimum absolute atomic E-state index is 0.338. The molecule has 1 aromatic heterocycles. The van der Waals surface area contributed by atoms with E-state index in [1.54, 1.807) is 6.07 Å². The van der Waals surface area contributed by atoms with Crippen molar-refractivity contribution >= 4 is 28.0 Å². The van der Waals surface area contributed by atoms with Crippen LogP contribution in [0.1, 0.15) is 29.4 Å². The quantitative estimate of drug-likeness (QED) is 0.812. The van der Waals surface area contributed by atoms with Crippen LogP contribution in [0.15, 0.2) is 6.07 Å². The van der Waals surface area contributed by atoms with Crippen molar-refractivity contribution in [1.82, 2.24) is 0 Å². The monoisotopic (exact) mass is 284 g/mol. The second-order valence-corrected chi connectivity index (χ2v) is 5.69. The van der Waals surface area contributed by atoms with Crippen LogP contribution in [0.5, 0.6) is 0 Å². The maximum Gasteiger partial charge on any atom is 0.350 e. The summed E-state index contributed by atoms with van der Waals surface area (Å²) in [7, 11) is 1.36. The number of carbonyl (C=O) groups excluding carboxylic acids is 1. The first-order valence-corrected chi connectivity index (χ1v) is 7.30. The Morgan fingerprint density at radius 3 is 3.16 bits per heavy atom. The van der Waals surface area contributed by atoms with Crippen molar-refractivity contribution in [1.29, 1.82) is 0 Å². The Balaban J connectivity index is 1.95. The fourth-order valence-electron chi connectivity index (χ4n) is 2.35. The molecular weight excluding hydrogens is 264 g/mol. The van der Waals surface area contributed by atoms with Gasteiger partial charge in [-0.1, -0.05) is 6.92 Å². The van der Waals surface area contributed by atoms with E-state index >= 15 is 0 Å². The number of rotatable bonds is 5. The first-order chi connectivity index (χ1) is 9.15. The highest BCUT2D eigenvalue weighted by Crippen LogP contribution is 2.31. The maximum absolute atomic E-state index is 11.5. The molecule has 1 aliphatic heterocycles. The van der Waals surface area contributed by atoms with Gasteiger partial charge in [0.15, 0.2) is 0 Å². The molecule has 6 heteroatoms. The van der Waals surface area contributed by atoms with Gasteiger partial charge >= 0.3 is 5.97 Å². The Kier molecular flexibility index (Phi) is 4.66. The molecule has 3 N–H and O–H groups in total. The third-order valence-corrected chi connectivity index (χ3v) is 4.51. The molecule has 106 valence electrons. The van der Waals surface area contributed by atoms with E-state index in [0.29, 0.717) is 22.6 Å². The maximum atomic E-state index is 11.5. The van der Waals surface area contributed by atoms with Crippen LogP contribution >= 0.6 is 11.3 Å². The normalized spacial score (nSPS) is 22.4. The fraction of sp³-hybridized carbons (Fsp3) is 0.615. The Hall–Kier alpha value is -1.27. The summed E-state index contributed by atoms with van der Waals surface area (Å²) in [5.41, 5.74) is 6.27. The number of nitrogens with one attached hydrogen (secondary N) is 1. The number of esters is 1. The molecule has 2 heterocycles. The molecule has 0 radical (unpaired) electrons. The van der Waals surface area contributed by atoms with E-state index in [1.807, 2.05) is 0 Å². The van der Waals surface area contributed by atoms with Gasteiger partial charge in [-0.05, 0) is 18.9 Å². The summed E-state index contributed by atoms with van der Waals surface area (Å²) in [6, 6.07) is 1.79. The van der Waals surface area contributed by atoms with Gasteiger partial charge in [0.1, 0.15) is 4.88 Å². The average Bonchev–Trinajstić information content (AvgIpc) is 3.01. The molecule has 0 amide bonds. The van der Waals surface area contributed by atoms with Crippen molar-refractivity contribution in [3.63, 3.8) is 0 Å². The number of anilines is 2. The molecular formula is C13H20N2O3S. The first-order valence-electron chi connectivity index (χ1n) is 6.48. The number of thiophene rings is 1. The molecule has 1 aromatic rings. The Bertz CT molecular complexity index is 447. The average molecular weight is 284 g/mol. The molecule has 1 saturated heterocycles. The van der Waals surface area contributed by atoms with Gasteiger partial charge in [-0.15, -0.1) is 11.3 Å². The standard InChI is InChI=1S/C13H20N2O3S/c1-3-10-8(4-5-18-10)7-15-11-6-9(14)12(19-11)13(16)17-2/h6,8,10,15H,3-5,7,14H2,1-2H3. The predicted octanol–water partition coefficient (Wildman–Crippen LogP) is 2.34. The van der Waals surface area contributed by atoms with E-state index in [2.05, 4.69) is 17.0 Å². The summed E-state index contributed by atoms with van der Waals surface area (Å²) in [5.74, 6) is 0.140. The second kappa shape index (κ2) is 6.25. The van der Waals surface area contributed by atoms with Crippen molar-refractivity contribution in [3.8, 4) is 0 Å². The van der Waals surface area contributed by atoms with Crippen LogP contribution in [0, 0.1) is 5.92 Å². The molecule has 2 rings (SSSR count). The number of hydrogen-bond donors (Lipinski definition) is 2. The second-order valence-electron chi connectivity index (χ2n) is 4.63. The molecule has 19 heavy (non-hydrogen) atoms. The van der Waals surface area contributed by atoms with Crippen LogP contribution in [0.4, 0.5) is 10.7 Å². The lowest BCUT2D eigenvalue weighted by Crippen LogP contribution is -2.22. The van der Waals surface area contributed by atoms with Crippen molar-refractivity contribution < 1.29 is 14.3 Å². The van der Waals surface area contributed by atoms with Gasteiger partial charge in [0.2, 0.25) is 0 Å². The molecule has 2 unspecified atom stereocenters. The van der Waals surface area contributed by atoms with Crippen LogP contribution in [0.2, 0.25) is 0 Å². The molecule has 2 atom stereocenters. The highest BCUT2D eigenvalue weighted by atomic mass is 32.1. The van der Waals surface area contributed by atoms with E-state index in [1.165, 1.54) is 18.4 Å². The molecule has 0 bridgehead atoms. The molecule has 5 nitrogen and oxygen atoms in total. The molecule has 1 fully saturated rings. The van der Waals surface area contributed by atoms with Crippen molar-refractivity contribution in [2.45, 2.75) is 25.9 Å². The van der Waals surface area contributed by atoms with Crippen LogP contribution in [-0.4, -0.2) is 32.3 Å². The number of nitrogens with two attached hydrogens (primary N) is 1. The van der Waals surface area contributed by atoms with Gasteiger partial charge in [0.25, 0.3) is 0 Å². The fourth-order valence-corrected chi connectivity index (χ4v) is 3.26. The molecule has 0 aliphatic carbocycles. The summed E-state index contributed by atoms with van der Waals surface area (Å²) in [5, 5.41) is 4.24. The smallest absolute Gasteiger partial charge is 0.350 e. The van der Waals surface area contributed by atoms with Gasteiger partial charge in [-0.25, -0.2) is 4.79 Å². The summed E-state index contributed by atoms with van der Waals surface area (Å²) >= 11 is 1.33. The highest BCUT2D eigenvalue weighted by Gasteiger charge is 2.26. The summed E-state index contributed by atoms with van der Waals surface area (Å²) in [6.07, 6.45) is 2.45. The Labute approximate surface area is 117 Å². The zero-order valence-electron chi connectivity index (χ0n) is 11.3. The lowest BCUT2D eigenvalue weighted by molar-refractivity contribution is 0.0607. The molecule has 0 spiro atoms. The summed E-state index contributed by atoms with van der Waals surface area (Å²) < 4.78 is 10.3. The zero-order valence-corrected chi connectivity index (χ0v) is 12.1. The third kappa shape index (κ3) is 3.19. The summed E-state index contributed by atoms with van der Waals surface area (Å²) in [4.78, 5) is 11.9. The van der Waals surface area contributed by atoms with Crippen molar-refractivity contribution in [2.24, 2.45) is 5.92 Å². The number of methoxy groups -OCH3 is 1. The SMILES string of the molecule is CCC1OCCC1CNc1cc(N)c(C(=O)OC)s1. The van der Waals surface area contributed by atoms with E-state index in [0.717, 1.165) is 31.0 Å². The minimum Gasteiger partial charge on any atom is -0.465 e. The topological polar surface area (TPSA) is 73.6 Å². The van der Waals surface area contributed by atoms with Gasteiger partial charge in [0.05, 0.1) is 23.9 Å². The van der Waals surface area contributed by atoms with Crippen LogP contribution in [0.25, 0.3) is 0 Å². The Morgan fingerprint density at radius 2 is 2.47 bits per heavy atom. The number of carbonyl (C=O) groups is 1. The Morgan fingerprint density at radius 1 is 1.68 bits per heavy atom. The van der Waals surface area contributed by atoms with E-state index in [-0.39, 0.29) is 5.97 Å². The van der Waals surface area contributed by atoms with E-state index in [9.17, 15) is 4.79 Å². The van der Waals surface area contributed by atoms with Gasteiger partial charge in [-0.2, -0.15) is 0 Å². The summed E-state index contributed by atoms with van der Waals surface area (Å²) in [6.45, 7) is 3.82. The van der Waals surface area contributed by atoms with Crippen molar-refractivity contribution in [3.05, 3.63) is 10.9 Å². The number of ether oxygens (including phenoxy) is 2. The van der Waals surface area contributed by atoms with Crippen LogP contribution < -0.4 is 11.1 Å². The highest BCUT2D eigenvalue weighted by molar-refractivity contribution is 7.18. The number of nitrogen functional groups attached to an aromatic ring is 1. The molecule has 1 aliphatic rings. The van der Waals surface area contributed by atoms with Gasteiger partial charge < -0.3 is 20.5 Å². The third-order valence-electron chi connectivity index (χ3n) is 3.42. The molecule has 0 saturated carbocycles. The van der Waals surface area contributed by atoms with E-state index < -0.39 is 0 Å². The molecule has 0 aromatic carbocycles. The van der Waals surface area contributed by atoms with Gasteiger partial charge in [-0.3, -0.25) is 0 Å². The van der Waals surface area contributed by atoms with Crippen molar-refractivity contribution in [2.75, 3.05) is 31.3 Å². The lowest BCUT2D eigenvalue weighted by Gasteiger charge is -2.17. The largest absolute Gasteiger partial charge is 0.465 e. The first kappa shape index (κ1) is 14.1. The van der Waals surface area contributed by atoms with Crippen LogP contribution in [-0.2, 0) is 9.47 Å². The lowest BCUT2D eigenvalue weighted by atomic mass is 10.00. The van der Waals surface area contributed by atoms with Crippen LogP contribution in [0.3, 0.4) is 0 Å². The minimum atomic E-state index is -0.383. The number of hydrogen-bond acceptors (Lipinski definition) is 6. The van der Waals surface area contributed by atoms with E-state index in [4.69, 9.17) is 10.5 Å². The zero-order chi connectivity index (χ0) is 13.8. The predicted molar refractivity (Wildman–Crippen MR) is 76.7 cm³/mol.